The Morgan fingerprint density at radius 3 is 2.94 bits per heavy atom. The van der Waals surface area contributed by atoms with Crippen molar-refractivity contribution in [3.05, 3.63) is 17.6 Å². The zero-order valence-electron chi connectivity index (χ0n) is 10.9. The number of rotatable bonds is 5. The van der Waals surface area contributed by atoms with E-state index >= 15 is 0 Å². The van der Waals surface area contributed by atoms with Crippen LogP contribution in [0.25, 0.3) is 0 Å². The molecule has 1 aliphatic rings. The molecule has 0 amide bonds. The van der Waals surface area contributed by atoms with Crippen molar-refractivity contribution in [1.82, 2.24) is 9.97 Å². The molecule has 0 fully saturated rings. The maximum atomic E-state index is 11.4. The van der Waals surface area contributed by atoms with Crippen LogP contribution in [0.15, 0.2) is 6.33 Å². The molecule has 100 valence electrons. The second-order valence-corrected chi connectivity index (χ2v) is 6.43. The summed E-state index contributed by atoms with van der Waals surface area (Å²) >= 11 is 0. The molecule has 1 atom stereocenters. The summed E-state index contributed by atoms with van der Waals surface area (Å²) in [7, 11) is -0.712. The predicted octanol–water partition coefficient (Wildman–Crippen LogP) is 1.93. The molecule has 0 spiro atoms. The van der Waals surface area contributed by atoms with Gasteiger partial charge >= 0.3 is 0 Å². The number of aromatic nitrogens is 2. The zero-order chi connectivity index (χ0) is 12.8. The normalized spacial score (nSPS) is 16.7. The molecule has 0 radical (unpaired) electrons. The van der Waals surface area contributed by atoms with E-state index in [9.17, 15) is 4.21 Å². The summed E-state index contributed by atoms with van der Waals surface area (Å²) in [6, 6.07) is 0. The summed E-state index contributed by atoms with van der Waals surface area (Å²) in [5.41, 5.74) is 2.47. The second kappa shape index (κ2) is 6.83. The molecular weight excluding hydrogens is 246 g/mol. The van der Waals surface area contributed by atoms with Gasteiger partial charge in [-0.1, -0.05) is 13.3 Å². The third kappa shape index (κ3) is 3.51. The Balaban J connectivity index is 2.02. The Kier molecular flexibility index (Phi) is 5.11. The van der Waals surface area contributed by atoms with Crippen LogP contribution in [0.5, 0.6) is 0 Å². The van der Waals surface area contributed by atoms with Crippen LogP contribution in [0.4, 0.5) is 5.82 Å². The highest BCUT2D eigenvalue weighted by atomic mass is 32.2. The number of hydrogen-bond acceptors (Lipinski definition) is 4. The van der Waals surface area contributed by atoms with Crippen LogP contribution in [0.3, 0.4) is 0 Å². The molecule has 1 heterocycles. The van der Waals surface area contributed by atoms with E-state index in [1.54, 1.807) is 6.33 Å². The first kappa shape index (κ1) is 13.5. The molecule has 0 aromatic carbocycles. The number of aryl methyl sites for hydroxylation is 1. The minimum absolute atomic E-state index is 0.690. The van der Waals surface area contributed by atoms with E-state index in [4.69, 9.17) is 0 Å². The van der Waals surface area contributed by atoms with E-state index in [2.05, 4.69) is 15.3 Å². The van der Waals surface area contributed by atoms with E-state index in [1.807, 2.05) is 6.92 Å². The summed E-state index contributed by atoms with van der Waals surface area (Å²) in [6.07, 6.45) is 7.49. The van der Waals surface area contributed by atoms with Gasteiger partial charge in [-0.25, -0.2) is 9.97 Å². The van der Waals surface area contributed by atoms with Crippen molar-refractivity contribution in [2.24, 2.45) is 0 Å². The van der Waals surface area contributed by atoms with Gasteiger partial charge in [0.05, 0.1) is 0 Å². The molecule has 5 heteroatoms. The fourth-order valence-corrected chi connectivity index (χ4v) is 2.90. The topological polar surface area (TPSA) is 54.9 Å². The number of nitrogens with zero attached hydrogens (tertiary/aromatic N) is 2. The standard InChI is InChI=1S/C13H21N3OS/c1-2-18(17)9-8-14-13-11-6-4-3-5-7-12(11)15-10-16-13/h10H,2-9H2,1H3,(H,14,15,16). The summed E-state index contributed by atoms with van der Waals surface area (Å²) in [4.78, 5) is 8.72. The highest BCUT2D eigenvalue weighted by molar-refractivity contribution is 7.84. The van der Waals surface area contributed by atoms with Gasteiger partial charge in [-0.2, -0.15) is 0 Å². The van der Waals surface area contributed by atoms with Crippen molar-refractivity contribution in [3.63, 3.8) is 0 Å². The fraction of sp³-hybridized carbons (Fsp3) is 0.692. The highest BCUT2D eigenvalue weighted by Crippen LogP contribution is 2.23. The molecule has 1 aromatic heterocycles. The summed E-state index contributed by atoms with van der Waals surface area (Å²) < 4.78 is 11.4. The summed E-state index contributed by atoms with van der Waals surface area (Å²) in [5, 5.41) is 3.32. The molecular formula is C13H21N3OS. The Bertz CT molecular complexity index is 423. The lowest BCUT2D eigenvalue weighted by Crippen LogP contribution is -2.15. The van der Waals surface area contributed by atoms with Crippen LogP contribution < -0.4 is 5.32 Å². The van der Waals surface area contributed by atoms with Gasteiger partial charge in [0.2, 0.25) is 0 Å². The number of fused-ring (bicyclic) bond motifs is 1. The van der Waals surface area contributed by atoms with Gasteiger partial charge in [0.25, 0.3) is 0 Å². The van der Waals surface area contributed by atoms with Gasteiger partial charge in [0.1, 0.15) is 12.1 Å². The van der Waals surface area contributed by atoms with Gasteiger partial charge < -0.3 is 5.32 Å². The van der Waals surface area contributed by atoms with Crippen LogP contribution in [0.2, 0.25) is 0 Å². The van der Waals surface area contributed by atoms with Crippen LogP contribution in [0.1, 0.15) is 37.4 Å². The highest BCUT2D eigenvalue weighted by Gasteiger charge is 2.13. The quantitative estimate of drug-likeness (QED) is 0.828. The molecule has 1 aromatic rings. The third-order valence-electron chi connectivity index (χ3n) is 3.32. The molecule has 0 bridgehead atoms. The largest absolute Gasteiger partial charge is 0.369 e. The number of anilines is 1. The van der Waals surface area contributed by atoms with Crippen LogP contribution in [-0.4, -0.2) is 32.2 Å². The molecule has 4 nitrogen and oxygen atoms in total. The Morgan fingerprint density at radius 2 is 2.11 bits per heavy atom. The average Bonchev–Trinajstić information content (AvgIpc) is 2.64. The van der Waals surface area contributed by atoms with Crippen molar-refractivity contribution >= 4 is 16.6 Å². The van der Waals surface area contributed by atoms with Crippen molar-refractivity contribution in [3.8, 4) is 0 Å². The molecule has 1 unspecified atom stereocenters. The molecule has 0 aliphatic heterocycles. The molecule has 0 saturated carbocycles. The van der Waals surface area contributed by atoms with E-state index in [1.165, 1.54) is 30.5 Å². The van der Waals surface area contributed by atoms with Crippen molar-refractivity contribution in [1.29, 1.82) is 0 Å². The maximum absolute atomic E-state index is 11.4. The lowest BCUT2D eigenvalue weighted by Gasteiger charge is -2.11. The smallest absolute Gasteiger partial charge is 0.132 e. The Labute approximate surface area is 111 Å². The van der Waals surface area contributed by atoms with Gasteiger partial charge in [-0.05, 0) is 25.7 Å². The fourth-order valence-electron chi connectivity index (χ4n) is 2.28. The number of hydrogen-bond donors (Lipinski definition) is 1. The van der Waals surface area contributed by atoms with Crippen molar-refractivity contribution in [2.75, 3.05) is 23.4 Å². The Hall–Kier alpha value is -0.970. The molecule has 2 rings (SSSR count). The number of nitrogens with one attached hydrogen (secondary N) is 1. The van der Waals surface area contributed by atoms with E-state index in [0.29, 0.717) is 5.75 Å². The maximum Gasteiger partial charge on any atom is 0.132 e. The lowest BCUT2D eigenvalue weighted by atomic mass is 10.1. The predicted molar refractivity (Wildman–Crippen MR) is 75.3 cm³/mol. The van der Waals surface area contributed by atoms with Crippen molar-refractivity contribution < 1.29 is 4.21 Å². The lowest BCUT2D eigenvalue weighted by molar-refractivity contribution is 0.684. The minimum atomic E-state index is -0.712. The van der Waals surface area contributed by atoms with Gasteiger partial charge in [-0.15, -0.1) is 0 Å². The van der Waals surface area contributed by atoms with Crippen LogP contribution in [0, 0.1) is 0 Å². The zero-order valence-corrected chi connectivity index (χ0v) is 11.8. The first-order valence-corrected chi connectivity index (χ1v) is 8.21. The van der Waals surface area contributed by atoms with Crippen LogP contribution >= 0.6 is 0 Å². The third-order valence-corrected chi connectivity index (χ3v) is 4.62. The van der Waals surface area contributed by atoms with Gasteiger partial charge in [0.15, 0.2) is 0 Å². The van der Waals surface area contributed by atoms with Crippen molar-refractivity contribution in [2.45, 2.75) is 39.0 Å². The van der Waals surface area contributed by atoms with Gasteiger partial charge in [0, 0.05) is 40.1 Å². The summed E-state index contributed by atoms with van der Waals surface area (Å²) in [5.74, 6) is 2.37. The van der Waals surface area contributed by atoms with Gasteiger partial charge in [-0.3, -0.25) is 4.21 Å². The molecule has 18 heavy (non-hydrogen) atoms. The monoisotopic (exact) mass is 267 g/mol. The van der Waals surface area contributed by atoms with Crippen LogP contribution in [-0.2, 0) is 23.6 Å². The molecule has 1 N–H and O–H groups in total. The minimum Gasteiger partial charge on any atom is -0.369 e. The van der Waals surface area contributed by atoms with E-state index < -0.39 is 10.8 Å². The first-order chi connectivity index (χ1) is 8.81. The second-order valence-electron chi connectivity index (χ2n) is 4.57. The first-order valence-electron chi connectivity index (χ1n) is 6.73. The SMILES string of the molecule is CCS(=O)CCNc1ncnc2c1CCCCC2. The molecule has 1 aliphatic carbocycles. The van der Waals surface area contributed by atoms with E-state index in [0.717, 1.165) is 31.0 Å². The molecule has 0 saturated heterocycles. The average molecular weight is 267 g/mol. The Morgan fingerprint density at radius 1 is 1.28 bits per heavy atom. The summed E-state index contributed by atoms with van der Waals surface area (Å²) in [6.45, 7) is 2.68. The van der Waals surface area contributed by atoms with E-state index in [-0.39, 0.29) is 0 Å².